The minimum absolute atomic E-state index is 0.244. The number of hydrogen-bond acceptors (Lipinski definition) is 4. The van der Waals surface area contributed by atoms with Gasteiger partial charge >= 0.3 is 6.18 Å². The van der Waals surface area contributed by atoms with Crippen molar-refractivity contribution in [2.75, 3.05) is 13.7 Å². The van der Waals surface area contributed by atoms with Crippen molar-refractivity contribution >= 4 is 27.8 Å². The maximum Gasteiger partial charge on any atom is 0.411 e. The molecule has 5 nitrogen and oxygen atoms in total. The highest BCUT2D eigenvalue weighted by Gasteiger charge is 2.27. The highest BCUT2D eigenvalue weighted by Crippen LogP contribution is 2.24. The Hall–Kier alpha value is -2.13. The Bertz CT molecular complexity index is 832. The molecule has 1 heterocycles. The van der Waals surface area contributed by atoms with E-state index in [1.54, 1.807) is 35.2 Å². The third-order valence-electron chi connectivity index (χ3n) is 3.58. The maximum atomic E-state index is 12.4. The van der Waals surface area contributed by atoms with E-state index in [0.29, 0.717) is 33.6 Å². The van der Waals surface area contributed by atoms with Crippen molar-refractivity contribution < 1.29 is 27.4 Å². The molecule has 0 unspecified atom stereocenters. The summed E-state index contributed by atoms with van der Waals surface area (Å²) in [5.41, 5.74) is 1.51. The zero-order chi connectivity index (χ0) is 20.0. The van der Waals surface area contributed by atoms with E-state index in [2.05, 4.69) is 21.0 Å². The molecule has 0 aliphatic carbocycles. The van der Waals surface area contributed by atoms with Gasteiger partial charge in [0.05, 0.1) is 24.4 Å². The monoisotopic (exact) mass is 446 g/mol. The first kappa shape index (κ1) is 21.2. The first-order valence-electron chi connectivity index (χ1n) is 8.00. The van der Waals surface area contributed by atoms with E-state index < -0.39 is 12.8 Å². The molecule has 0 bridgehead atoms. The molecule has 0 N–H and O–H groups in total. The number of ketones is 1. The second-order valence-electron chi connectivity index (χ2n) is 5.53. The van der Waals surface area contributed by atoms with Crippen LogP contribution in [0.15, 0.2) is 34.9 Å². The average molecular weight is 447 g/mol. The van der Waals surface area contributed by atoms with Crippen LogP contribution in [0.3, 0.4) is 0 Å². The highest BCUT2D eigenvalue weighted by molar-refractivity contribution is 9.10. The van der Waals surface area contributed by atoms with Crippen molar-refractivity contribution in [1.82, 2.24) is 9.78 Å². The summed E-state index contributed by atoms with van der Waals surface area (Å²) < 4.78 is 48.7. The number of methoxy groups -OCH3 is 1. The summed E-state index contributed by atoms with van der Waals surface area (Å²) in [5.74, 6) is 0.166. The van der Waals surface area contributed by atoms with Gasteiger partial charge in [0.2, 0.25) is 5.78 Å². The summed E-state index contributed by atoms with van der Waals surface area (Å²) in [7, 11) is 1.42. The van der Waals surface area contributed by atoms with Crippen molar-refractivity contribution in [3.63, 3.8) is 0 Å². The molecule has 9 heteroatoms. The van der Waals surface area contributed by atoms with Crippen molar-refractivity contribution in [3.05, 3.63) is 51.8 Å². The summed E-state index contributed by atoms with van der Waals surface area (Å²) in [6.45, 7) is 0.816. The van der Waals surface area contributed by atoms with Crippen molar-refractivity contribution in [2.45, 2.75) is 26.3 Å². The van der Waals surface area contributed by atoms with Crippen LogP contribution in [0.5, 0.6) is 5.75 Å². The number of rotatable bonds is 8. The number of allylic oxidation sites excluding steroid dienone is 1. The van der Waals surface area contributed by atoms with Gasteiger partial charge in [-0.3, -0.25) is 9.48 Å². The zero-order valence-corrected chi connectivity index (χ0v) is 16.3. The van der Waals surface area contributed by atoms with E-state index in [1.165, 1.54) is 13.2 Å². The number of ether oxygens (including phenoxy) is 2. The Morgan fingerprint density at radius 2 is 2.11 bits per heavy atom. The lowest BCUT2D eigenvalue weighted by Crippen LogP contribution is -2.16. The SMILES string of the molecule is CCn1ncc(Br)c1C(=O)/C=C/c1ccc(OC)c(COCC(F)(F)F)c1. The van der Waals surface area contributed by atoms with Crippen molar-refractivity contribution in [3.8, 4) is 5.75 Å². The van der Waals surface area contributed by atoms with Crippen LogP contribution < -0.4 is 4.74 Å². The number of alkyl halides is 3. The highest BCUT2D eigenvalue weighted by atomic mass is 79.9. The number of carbonyl (C=O) groups is 1. The van der Waals surface area contributed by atoms with E-state index in [1.807, 2.05) is 6.92 Å². The van der Waals surface area contributed by atoms with Crippen LogP contribution in [0.4, 0.5) is 13.2 Å². The van der Waals surface area contributed by atoms with Gasteiger partial charge in [-0.05, 0) is 46.6 Å². The van der Waals surface area contributed by atoms with Gasteiger partial charge in [0.25, 0.3) is 0 Å². The first-order valence-corrected chi connectivity index (χ1v) is 8.79. The number of hydrogen-bond donors (Lipinski definition) is 0. The van der Waals surface area contributed by atoms with Crippen LogP contribution in [0, 0.1) is 0 Å². The Balaban J connectivity index is 2.16. The summed E-state index contributed by atoms with van der Waals surface area (Å²) in [6.07, 6.45) is 0.116. The van der Waals surface area contributed by atoms with Gasteiger partial charge < -0.3 is 9.47 Å². The third kappa shape index (κ3) is 5.93. The molecule has 0 saturated carbocycles. The van der Waals surface area contributed by atoms with E-state index in [-0.39, 0.29) is 12.4 Å². The number of aromatic nitrogens is 2. The fourth-order valence-corrected chi connectivity index (χ4v) is 2.88. The molecule has 1 aromatic carbocycles. The fourth-order valence-electron chi connectivity index (χ4n) is 2.39. The molecule has 0 aliphatic heterocycles. The predicted octanol–water partition coefficient (Wildman–Crippen LogP) is 4.65. The second kappa shape index (κ2) is 9.18. The van der Waals surface area contributed by atoms with Crippen LogP contribution in [0.1, 0.15) is 28.5 Å². The van der Waals surface area contributed by atoms with Gasteiger partial charge in [-0.1, -0.05) is 12.1 Å². The minimum atomic E-state index is -4.40. The molecule has 0 amide bonds. The minimum Gasteiger partial charge on any atom is -0.496 e. The van der Waals surface area contributed by atoms with Gasteiger partial charge in [0.15, 0.2) is 0 Å². The largest absolute Gasteiger partial charge is 0.496 e. The molecule has 2 aromatic rings. The molecule has 0 atom stereocenters. The summed E-state index contributed by atoms with van der Waals surface area (Å²) in [4.78, 5) is 12.4. The molecule has 0 saturated heterocycles. The van der Waals surface area contributed by atoms with Crippen molar-refractivity contribution in [2.24, 2.45) is 0 Å². The van der Waals surface area contributed by atoms with E-state index in [9.17, 15) is 18.0 Å². The van der Waals surface area contributed by atoms with Gasteiger partial charge in [0.1, 0.15) is 18.1 Å². The topological polar surface area (TPSA) is 53.4 Å². The van der Waals surface area contributed by atoms with Crippen LogP contribution in [0.25, 0.3) is 6.08 Å². The molecule has 0 spiro atoms. The summed E-state index contributed by atoms with van der Waals surface area (Å²) in [6, 6.07) is 4.93. The molecular weight excluding hydrogens is 429 g/mol. The normalized spacial score (nSPS) is 11.9. The van der Waals surface area contributed by atoms with Gasteiger partial charge in [-0.15, -0.1) is 0 Å². The Kier molecular flexibility index (Phi) is 7.20. The molecule has 0 aliphatic rings. The van der Waals surface area contributed by atoms with Gasteiger partial charge in [-0.2, -0.15) is 18.3 Å². The van der Waals surface area contributed by atoms with Crippen LogP contribution in [-0.4, -0.2) is 35.5 Å². The number of nitrogens with zero attached hydrogens (tertiary/aromatic N) is 2. The number of aryl methyl sites for hydroxylation is 1. The molecular formula is C18H18BrF3N2O3. The standard InChI is InChI=1S/C18H18BrF3N2O3/c1-3-24-17(14(19)9-23-24)15(25)6-4-12-5-7-16(26-2)13(8-12)10-27-11-18(20,21)22/h4-9H,3,10-11H2,1-2H3/b6-4+. The quantitative estimate of drug-likeness (QED) is 0.437. The molecule has 1 aromatic heterocycles. The maximum absolute atomic E-state index is 12.4. The van der Waals surface area contributed by atoms with Crippen LogP contribution >= 0.6 is 15.9 Å². The number of carbonyl (C=O) groups excluding carboxylic acids is 1. The van der Waals surface area contributed by atoms with Gasteiger partial charge in [-0.25, -0.2) is 0 Å². The number of benzene rings is 1. The van der Waals surface area contributed by atoms with Crippen LogP contribution in [0.2, 0.25) is 0 Å². The first-order chi connectivity index (χ1) is 12.7. The van der Waals surface area contributed by atoms with Crippen LogP contribution in [-0.2, 0) is 17.9 Å². The zero-order valence-electron chi connectivity index (χ0n) is 14.7. The second-order valence-corrected chi connectivity index (χ2v) is 6.39. The lowest BCUT2D eigenvalue weighted by Gasteiger charge is -2.11. The smallest absolute Gasteiger partial charge is 0.411 e. The number of halogens is 4. The van der Waals surface area contributed by atoms with E-state index >= 15 is 0 Å². The Morgan fingerprint density at radius 1 is 1.37 bits per heavy atom. The predicted molar refractivity (Wildman–Crippen MR) is 97.7 cm³/mol. The fraction of sp³-hybridized carbons (Fsp3) is 0.333. The average Bonchev–Trinajstić information content (AvgIpc) is 2.99. The molecule has 146 valence electrons. The lowest BCUT2D eigenvalue weighted by atomic mass is 10.1. The van der Waals surface area contributed by atoms with Gasteiger partial charge in [0, 0.05) is 12.1 Å². The summed E-state index contributed by atoms with van der Waals surface area (Å²) >= 11 is 3.30. The van der Waals surface area contributed by atoms with E-state index in [0.717, 1.165) is 0 Å². The Morgan fingerprint density at radius 3 is 2.74 bits per heavy atom. The van der Waals surface area contributed by atoms with Crippen molar-refractivity contribution in [1.29, 1.82) is 0 Å². The van der Waals surface area contributed by atoms with E-state index in [4.69, 9.17) is 9.47 Å². The molecule has 2 rings (SSSR count). The third-order valence-corrected chi connectivity index (χ3v) is 4.16. The molecule has 0 fully saturated rings. The lowest BCUT2D eigenvalue weighted by molar-refractivity contribution is -0.176. The summed E-state index contributed by atoms with van der Waals surface area (Å²) in [5, 5.41) is 4.09. The molecule has 27 heavy (non-hydrogen) atoms. The Labute approximate surface area is 162 Å². The molecule has 0 radical (unpaired) electrons.